The molecule has 0 saturated carbocycles. The number of hydrogen-bond acceptors (Lipinski definition) is 4. The number of nitrogens with zero attached hydrogens (tertiary/aromatic N) is 6. The fraction of sp³-hybridized carbons (Fsp3) is 0.0833. The molecule has 0 radical (unpaired) electrons. The minimum absolute atomic E-state index is 0.609. The minimum atomic E-state index is 0.609. The third-order valence-electron chi connectivity index (χ3n) is 5.03. The summed E-state index contributed by atoms with van der Waals surface area (Å²) < 4.78 is 4.78. The second-order valence-electron chi connectivity index (χ2n) is 7.17. The number of halogens is 1. The third-order valence-corrected chi connectivity index (χ3v) is 6.10. The molecule has 3 aromatic carbocycles. The van der Waals surface area contributed by atoms with Gasteiger partial charge < -0.3 is 0 Å². The van der Waals surface area contributed by atoms with E-state index >= 15 is 0 Å². The summed E-state index contributed by atoms with van der Waals surface area (Å²) >= 11 is 2.32. The zero-order valence-corrected chi connectivity index (χ0v) is 18.8. The monoisotopic (exact) mass is 518 g/mol. The lowest BCUT2D eigenvalue weighted by molar-refractivity contribution is 0.636. The summed E-state index contributed by atoms with van der Waals surface area (Å²) in [5, 5.41) is 18.0. The van der Waals surface area contributed by atoms with Crippen LogP contribution in [0.1, 0.15) is 11.1 Å². The van der Waals surface area contributed by atoms with E-state index in [1.54, 1.807) is 0 Å². The second kappa shape index (κ2) is 8.81. The van der Waals surface area contributed by atoms with Crippen LogP contribution in [-0.2, 0) is 13.1 Å². The molecule has 31 heavy (non-hydrogen) atoms. The Morgan fingerprint density at radius 1 is 0.581 bits per heavy atom. The highest BCUT2D eigenvalue weighted by Crippen LogP contribution is 2.32. The SMILES string of the molecule is Ic1c(-c2c(-c3ccccc3)nnn2Cc2ccccc2)nnn1Cc1ccccc1. The van der Waals surface area contributed by atoms with E-state index in [0.29, 0.717) is 13.1 Å². The van der Waals surface area contributed by atoms with Gasteiger partial charge >= 0.3 is 0 Å². The fourth-order valence-electron chi connectivity index (χ4n) is 3.51. The summed E-state index contributed by atoms with van der Waals surface area (Å²) in [5.74, 6) is 0. The van der Waals surface area contributed by atoms with Crippen LogP contribution in [0.15, 0.2) is 91.0 Å². The van der Waals surface area contributed by atoms with E-state index in [2.05, 4.69) is 67.5 Å². The van der Waals surface area contributed by atoms with Gasteiger partial charge in [-0.1, -0.05) is 101 Å². The van der Waals surface area contributed by atoms with Crippen molar-refractivity contribution in [1.82, 2.24) is 30.0 Å². The summed E-state index contributed by atoms with van der Waals surface area (Å²) in [6.07, 6.45) is 0. The zero-order chi connectivity index (χ0) is 21.0. The van der Waals surface area contributed by atoms with Crippen LogP contribution in [-0.4, -0.2) is 30.0 Å². The van der Waals surface area contributed by atoms with Gasteiger partial charge in [0.05, 0.1) is 13.1 Å². The number of hydrogen-bond donors (Lipinski definition) is 0. The van der Waals surface area contributed by atoms with Gasteiger partial charge in [-0.15, -0.1) is 10.2 Å². The molecule has 0 N–H and O–H groups in total. The lowest BCUT2D eigenvalue weighted by atomic mass is 10.1. The molecule has 0 spiro atoms. The van der Waals surface area contributed by atoms with Crippen molar-refractivity contribution in [2.75, 3.05) is 0 Å². The summed E-state index contributed by atoms with van der Waals surface area (Å²) in [6.45, 7) is 1.27. The Kier molecular flexibility index (Phi) is 5.57. The van der Waals surface area contributed by atoms with E-state index in [9.17, 15) is 0 Å². The molecule has 0 amide bonds. The Balaban J connectivity index is 1.59. The van der Waals surface area contributed by atoms with Crippen LogP contribution in [0.4, 0.5) is 0 Å². The molecular weight excluding hydrogens is 499 g/mol. The van der Waals surface area contributed by atoms with Crippen LogP contribution in [0.2, 0.25) is 0 Å². The van der Waals surface area contributed by atoms with Gasteiger partial charge in [0.25, 0.3) is 0 Å². The Morgan fingerprint density at radius 2 is 1.06 bits per heavy atom. The molecule has 5 rings (SSSR count). The first-order valence-corrected chi connectivity index (χ1v) is 11.0. The van der Waals surface area contributed by atoms with Gasteiger partial charge in [-0.05, 0) is 33.7 Å². The summed E-state index contributed by atoms with van der Waals surface area (Å²) in [7, 11) is 0. The molecular formula is C24H19IN6. The Labute approximate surface area is 193 Å². The first-order chi connectivity index (χ1) is 15.3. The summed E-state index contributed by atoms with van der Waals surface area (Å²) in [6, 6.07) is 30.6. The maximum atomic E-state index is 4.55. The summed E-state index contributed by atoms with van der Waals surface area (Å²) in [5.41, 5.74) is 5.80. The molecule has 2 aromatic heterocycles. The molecule has 0 atom stereocenters. The van der Waals surface area contributed by atoms with Crippen LogP contribution in [0, 0.1) is 3.70 Å². The van der Waals surface area contributed by atoms with Crippen molar-refractivity contribution in [1.29, 1.82) is 0 Å². The molecule has 152 valence electrons. The standard InChI is InChI=1S/C24H19IN6/c25-24-22(27-29-31(24)17-19-12-6-2-7-13-19)23-21(20-14-8-3-9-15-20)26-28-30(23)16-18-10-4-1-5-11-18/h1-15H,16-17H2. The van der Waals surface area contributed by atoms with Crippen molar-refractivity contribution in [3.05, 3.63) is 106 Å². The van der Waals surface area contributed by atoms with Gasteiger partial charge in [0.2, 0.25) is 0 Å². The minimum Gasteiger partial charge on any atom is -0.238 e. The van der Waals surface area contributed by atoms with Crippen molar-refractivity contribution in [3.63, 3.8) is 0 Å². The molecule has 0 aliphatic heterocycles. The first kappa shape index (κ1) is 19.6. The van der Waals surface area contributed by atoms with Gasteiger partial charge in [0.1, 0.15) is 20.8 Å². The van der Waals surface area contributed by atoms with Crippen molar-refractivity contribution in [2.24, 2.45) is 0 Å². The number of rotatable bonds is 6. The molecule has 5 aromatic rings. The van der Waals surface area contributed by atoms with Gasteiger partial charge in [-0.2, -0.15) is 0 Å². The normalized spacial score (nSPS) is 11.0. The van der Waals surface area contributed by atoms with Gasteiger partial charge in [-0.3, -0.25) is 0 Å². The van der Waals surface area contributed by atoms with E-state index in [4.69, 9.17) is 0 Å². The first-order valence-electron chi connectivity index (χ1n) is 9.96. The number of benzene rings is 3. The fourth-order valence-corrected chi connectivity index (χ4v) is 4.14. The van der Waals surface area contributed by atoms with E-state index < -0.39 is 0 Å². The molecule has 6 nitrogen and oxygen atoms in total. The van der Waals surface area contributed by atoms with Crippen LogP contribution in [0.25, 0.3) is 22.6 Å². The molecule has 0 fully saturated rings. The second-order valence-corrected chi connectivity index (χ2v) is 8.19. The molecule has 7 heteroatoms. The molecule has 0 bridgehead atoms. The zero-order valence-electron chi connectivity index (χ0n) is 16.6. The van der Waals surface area contributed by atoms with Gasteiger partial charge in [0, 0.05) is 5.56 Å². The molecule has 2 heterocycles. The largest absolute Gasteiger partial charge is 0.238 e. The highest BCUT2D eigenvalue weighted by atomic mass is 127. The lowest BCUT2D eigenvalue weighted by Crippen LogP contribution is -2.06. The van der Waals surface area contributed by atoms with Crippen LogP contribution in [0.3, 0.4) is 0 Å². The molecule has 0 aliphatic carbocycles. The predicted octanol–water partition coefficient (Wildman–Crippen LogP) is 4.90. The Hall–Kier alpha value is -3.33. The van der Waals surface area contributed by atoms with E-state index in [1.807, 2.05) is 76.1 Å². The Morgan fingerprint density at radius 3 is 1.68 bits per heavy atom. The van der Waals surface area contributed by atoms with E-state index in [0.717, 1.165) is 31.9 Å². The van der Waals surface area contributed by atoms with Crippen molar-refractivity contribution >= 4 is 22.6 Å². The van der Waals surface area contributed by atoms with Gasteiger partial charge in [0.15, 0.2) is 0 Å². The van der Waals surface area contributed by atoms with Crippen LogP contribution >= 0.6 is 22.6 Å². The highest BCUT2D eigenvalue weighted by molar-refractivity contribution is 14.1. The number of aromatic nitrogens is 6. The third kappa shape index (κ3) is 4.13. The van der Waals surface area contributed by atoms with Crippen molar-refractivity contribution in [3.8, 4) is 22.6 Å². The molecule has 0 unspecified atom stereocenters. The van der Waals surface area contributed by atoms with E-state index in [1.165, 1.54) is 5.56 Å². The smallest absolute Gasteiger partial charge is 0.147 e. The molecule has 0 aliphatic rings. The summed E-state index contributed by atoms with van der Waals surface area (Å²) in [4.78, 5) is 0. The highest BCUT2D eigenvalue weighted by Gasteiger charge is 2.23. The topological polar surface area (TPSA) is 61.4 Å². The Bertz CT molecular complexity index is 1280. The molecule has 0 saturated heterocycles. The maximum absolute atomic E-state index is 4.55. The quantitative estimate of drug-likeness (QED) is 0.300. The lowest BCUT2D eigenvalue weighted by Gasteiger charge is -2.08. The van der Waals surface area contributed by atoms with Crippen LogP contribution in [0.5, 0.6) is 0 Å². The van der Waals surface area contributed by atoms with Crippen molar-refractivity contribution < 1.29 is 0 Å². The predicted molar refractivity (Wildman–Crippen MR) is 128 cm³/mol. The van der Waals surface area contributed by atoms with Gasteiger partial charge in [-0.25, -0.2) is 9.36 Å². The van der Waals surface area contributed by atoms with E-state index in [-0.39, 0.29) is 0 Å². The van der Waals surface area contributed by atoms with Crippen LogP contribution < -0.4 is 0 Å². The van der Waals surface area contributed by atoms with Crippen molar-refractivity contribution in [2.45, 2.75) is 13.1 Å². The average molecular weight is 518 g/mol. The average Bonchev–Trinajstić information content (AvgIpc) is 3.39. The maximum Gasteiger partial charge on any atom is 0.147 e.